The Labute approximate surface area is 140 Å². The number of likely N-dealkylation sites (tertiary alicyclic amines) is 1. The van der Waals surface area contributed by atoms with Crippen molar-refractivity contribution >= 4 is 17.7 Å². The van der Waals surface area contributed by atoms with Crippen LogP contribution in [-0.4, -0.2) is 49.4 Å². The monoisotopic (exact) mass is 331 g/mol. The second-order valence-electron chi connectivity index (χ2n) is 5.96. The first-order valence-electron chi connectivity index (χ1n) is 7.87. The topological polar surface area (TPSA) is 63.9 Å². The first-order chi connectivity index (χ1) is 11.1. The first kappa shape index (κ1) is 16.0. The van der Waals surface area contributed by atoms with Gasteiger partial charge < -0.3 is 4.90 Å². The number of tetrazole rings is 1. The minimum Gasteiger partial charge on any atom is -0.342 e. The third-order valence-corrected chi connectivity index (χ3v) is 5.09. The molecule has 6 nitrogen and oxygen atoms in total. The number of aromatic nitrogens is 4. The molecule has 1 aromatic carbocycles. The summed E-state index contributed by atoms with van der Waals surface area (Å²) in [6.07, 6.45) is 2.20. The van der Waals surface area contributed by atoms with Gasteiger partial charge in [0.2, 0.25) is 11.1 Å². The number of carbonyl (C=O) groups excluding carboxylic acids is 1. The van der Waals surface area contributed by atoms with Gasteiger partial charge in [-0.15, -0.1) is 5.10 Å². The predicted octanol–water partition coefficient (Wildman–Crippen LogP) is 2.38. The van der Waals surface area contributed by atoms with Crippen LogP contribution in [0.5, 0.6) is 0 Å². The summed E-state index contributed by atoms with van der Waals surface area (Å²) in [5.41, 5.74) is 3.26. The number of hydrogen-bond donors (Lipinski definition) is 0. The van der Waals surface area contributed by atoms with Gasteiger partial charge in [-0.2, -0.15) is 4.68 Å². The molecule has 1 amide bonds. The van der Waals surface area contributed by atoms with Crippen LogP contribution >= 0.6 is 11.8 Å². The molecule has 0 spiro atoms. The summed E-state index contributed by atoms with van der Waals surface area (Å²) in [4.78, 5) is 14.4. The standard InChI is InChI=1S/C16H21N5OS/c1-11-6-7-14(12(2)10-11)21-16(17-18-19-21)23-13(3)15(22)20-8-4-5-9-20/h6-7,10,13H,4-5,8-9H2,1-3H3/t13-/m0/s1. The van der Waals surface area contributed by atoms with E-state index in [0.29, 0.717) is 5.16 Å². The van der Waals surface area contributed by atoms with E-state index in [9.17, 15) is 4.79 Å². The summed E-state index contributed by atoms with van der Waals surface area (Å²) in [5, 5.41) is 12.4. The largest absolute Gasteiger partial charge is 0.342 e. The highest BCUT2D eigenvalue weighted by Crippen LogP contribution is 2.26. The van der Waals surface area contributed by atoms with Crippen molar-refractivity contribution in [2.45, 2.75) is 44.0 Å². The molecule has 7 heteroatoms. The number of benzene rings is 1. The molecular formula is C16H21N5OS. The van der Waals surface area contributed by atoms with Crippen LogP contribution in [0.25, 0.3) is 5.69 Å². The smallest absolute Gasteiger partial charge is 0.235 e. The van der Waals surface area contributed by atoms with Gasteiger partial charge in [0.05, 0.1) is 10.9 Å². The summed E-state index contributed by atoms with van der Waals surface area (Å²) in [6.45, 7) is 7.75. The zero-order chi connectivity index (χ0) is 16.4. The Morgan fingerprint density at radius 3 is 2.70 bits per heavy atom. The van der Waals surface area contributed by atoms with E-state index >= 15 is 0 Å². The quantitative estimate of drug-likeness (QED) is 0.805. The molecule has 2 heterocycles. The Bertz CT molecular complexity index is 708. The van der Waals surface area contributed by atoms with E-state index in [1.807, 2.05) is 30.9 Å². The predicted molar refractivity (Wildman–Crippen MR) is 89.8 cm³/mol. The zero-order valence-corrected chi connectivity index (χ0v) is 14.5. The number of carbonyl (C=O) groups is 1. The normalized spacial score (nSPS) is 15.9. The second kappa shape index (κ2) is 6.70. The van der Waals surface area contributed by atoms with E-state index in [-0.39, 0.29) is 11.2 Å². The molecule has 2 aromatic rings. The lowest BCUT2D eigenvalue weighted by Gasteiger charge is -2.19. The Morgan fingerprint density at radius 1 is 1.26 bits per heavy atom. The minimum absolute atomic E-state index is 0.169. The minimum atomic E-state index is -0.191. The van der Waals surface area contributed by atoms with Crippen LogP contribution < -0.4 is 0 Å². The summed E-state index contributed by atoms with van der Waals surface area (Å²) < 4.78 is 1.72. The fraction of sp³-hybridized carbons (Fsp3) is 0.500. The fourth-order valence-corrected chi connectivity index (χ4v) is 3.73. The van der Waals surface area contributed by atoms with Gasteiger partial charge in [-0.3, -0.25) is 4.79 Å². The molecule has 0 unspecified atom stereocenters. The number of thioether (sulfide) groups is 1. The van der Waals surface area contributed by atoms with Crippen LogP contribution in [0.1, 0.15) is 30.9 Å². The Morgan fingerprint density at radius 2 is 2.00 bits per heavy atom. The maximum Gasteiger partial charge on any atom is 0.235 e. The summed E-state index contributed by atoms with van der Waals surface area (Å²) >= 11 is 1.42. The van der Waals surface area contributed by atoms with Crippen LogP contribution in [0.3, 0.4) is 0 Å². The molecule has 122 valence electrons. The van der Waals surface area contributed by atoms with Gasteiger partial charge in [0.25, 0.3) is 0 Å². The highest BCUT2D eigenvalue weighted by Gasteiger charge is 2.26. The molecule has 0 N–H and O–H groups in total. The van der Waals surface area contributed by atoms with Crippen molar-refractivity contribution < 1.29 is 4.79 Å². The van der Waals surface area contributed by atoms with E-state index in [4.69, 9.17) is 0 Å². The highest BCUT2D eigenvalue weighted by molar-refractivity contribution is 8.00. The van der Waals surface area contributed by atoms with Crippen LogP contribution in [0.2, 0.25) is 0 Å². The van der Waals surface area contributed by atoms with E-state index < -0.39 is 0 Å². The van der Waals surface area contributed by atoms with Gasteiger partial charge >= 0.3 is 0 Å². The van der Waals surface area contributed by atoms with Crippen molar-refractivity contribution in [3.8, 4) is 5.69 Å². The number of hydrogen-bond acceptors (Lipinski definition) is 5. The van der Waals surface area contributed by atoms with E-state index in [2.05, 4.69) is 28.5 Å². The third-order valence-electron chi connectivity index (χ3n) is 4.07. The molecule has 23 heavy (non-hydrogen) atoms. The molecule has 0 bridgehead atoms. The number of rotatable bonds is 4. The van der Waals surface area contributed by atoms with Crippen LogP contribution in [0.4, 0.5) is 0 Å². The van der Waals surface area contributed by atoms with Crippen molar-refractivity contribution in [3.05, 3.63) is 29.3 Å². The van der Waals surface area contributed by atoms with Crippen molar-refractivity contribution in [2.24, 2.45) is 0 Å². The van der Waals surface area contributed by atoms with Crippen LogP contribution in [0, 0.1) is 13.8 Å². The SMILES string of the molecule is Cc1ccc(-n2nnnc2S[C@@H](C)C(=O)N2CCCC2)c(C)c1. The summed E-state index contributed by atoms with van der Waals surface area (Å²) in [5.74, 6) is 0.169. The molecule has 1 aromatic heterocycles. The second-order valence-corrected chi connectivity index (χ2v) is 7.26. The average molecular weight is 331 g/mol. The first-order valence-corrected chi connectivity index (χ1v) is 8.75. The maximum absolute atomic E-state index is 12.5. The molecule has 1 aliphatic heterocycles. The maximum atomic E-state index is 12.5. The molecule has 0 saturated carbocycles. The fourth-order valence-electron chi connectivity index (χ4n) is 2.85. The molecule has 1 atom stereocenters. The number of nitrogens with zero attached hydrogens (tertiary/aromatic N) is 5. The lowest BCUT2D eigenvalue weighted by molar-refractivity contribution is -0.129. The molecule has 1 saturated heterocycles. The Balaban J connectivity index is 1.79. The van der Waals surface area contributed by atoms with Gasteiger partial charge in [-0.1, -0.05) is 29.5 Å². The highest BCUT2D eigenvalue weighted by atomic mass is 32.2. The van der Waals surface area contributed by atoms with E-state index in [0.717, 1.165) is 37.2 Å². The van der Waals surface area contributed by atoms with Crippen molar-refractivity contribution in [1.82, 2.24) is 25.1 Å². The summed E-state index contributed by atoms with van der Waals surface area (Å²) in [7, 11) is 0. The van der Waals surface area contributed by atoms with Gasteiger partial charge in [-0.25, -0.2) is 0 Å². The summed E-state index contributed by atoms with van der Waals surface area (Å²) in [6, 6.07) is 6.15. The van der Waals surface area contributed by atoms with E-state index in [1.54, 1.807) is 4.68 Å². The molecule has 1 fully saturated rings. The van der Waals surface area contributed by atoms with Crippen molar-refractivity contribution in [1.29, 1.82) is 0 Å². The van der Waals surface area contributed by atoms with Crippen molar-refractivity contribution in [2.75, 3.05) is 13.1 Å². The van der Waals surface area contributed by atoms with Gasteiger partial charge in [0.1, 0.15) is 0 Å². The molecule has 0 radical (unpaired) electrons. The van der Waals surface area contributed by atoms with E-state index in [1.165, 1.54) is 17.3 Å². The Kier molecular flexibility index (Phi) is 4.66. The molecular weight excluding hydrogens is 310 g/mol. The van der Waals surface area contributed by atoms with Crippen LogP contribution in [0.15, 0.2) is 23.4 Å². The number of amides is 1. The molecule has 1 aliphatic rings. The lowest BCUT2D eigenvalue weighted by atomic mass is 10.1. The third kappa shape index (κ3) is 3.39. The van der Waals surface area contributed by atoms with Gasteiger partial charge in [-0.05, 0) is 55.7 Å². The molecule has 3 rings (SSSR count). The Hall–Kier alpha value is -1.89. The zero-order valence-electron chi connectivity index (χ0n) is 13.7. The van der Waals surface area contributed by atoms with Gasteiger partial charge in [0.15, 0.2) is 0 Å². The lowest BCUT2D eigenvalue weighted by Crippen LogP contribution is -2.34. The molecule has 0 aliphatic carbocycles. The van der Waals surface area contributed by atoms with Crippen molar-refractivity contribution in [3.63, 3.8) is 0 Å². The van der Waals surface area contributed by atoms with Gasteiger partial charge in [0, 0.05) is 13.1 Å². The average Bonchev–Trinajstić information content (AvgIpc) is 3.18. The number of aryl methyl sites for hydroxylation is 2. The van der Waals surface area contributed by atoms with Crippen LogP contribution in [-0.2, 0) is 4.79 Å².